The molecule has 0 amide bonds. The van der Waals surface area contributed by atoms with Gasteiger partial charge >= 0.3 is 0 Å². The Kier molecular flexibility index (Phi) is 6.72. The summed E-state index contributed by atoms with van der Waals surface area (Å²) in [5, 5.41) is 13.2. The van der Waals surface area contributed by atoms with E-state index in [0.29, 0.717) is 39.9 Å². The number of halogens is 2. The minimum Gasteiger partial charge on any atom is -0.310 e. The van der Waals surface area contributed by atoms with Crippen molar-refractivity contribution in [2.24, 2.45) is 5.92 Å². The third-order valence-corrected chi connectivity index (χ3v) is 5.80. The van der Waals surface area contributed by atoms with Crippen molar-refractivity contribution in [1.82, 2.24) is 25.0 Å². The lowest BCUT2D eigenvalue weighted by molar-refractivity contribution is 0.103. The summed E-state index contributed by atoms with van der Waals surface area (Å²) < 4.78 is 1.96. The molecule has 0 unspecified atom stereocenters. The van der Waals surface area contributed by atoms with E-state index in [4.69, 9.17) is 23.2 Å². The minimum absolute atomic E-state index is 0.190. The largest absolute Gasteiger partial charge is 0.310 e. The first kappa shape index (κ1) is 22.0. The zero-order valence-electron chi connectivity index (χ0n) is 17.6. The predicted octanol–water partition coefficient (Wildman–Crippen LogP) is 4.37. The van der Waals surface area contributed by atoms with Crippen molar-refractivity contribution in [1.29, 1.82) is 0 Å². The van der Waals surface area contributed by atoms with Crippen LogP contribution in [-0.2, 0) is 13.1 Å². The van der Waals surface area contributed by atoms with Crippen LogP contribution in [0.1, 0.15) is 40.4 Å². The monoisotopic (exact) mass is 457 g/mol. The van der Waals surface area contributed by atoms with Gasteiger partial charge in [-0.3, -0.25) is 9.36 Å². The summed E-state index contributed by atoms with van der Waals surface area (Å²) in [7, 11) is 3.95. The number of hydrogen-bond acceptors (Lipinski definition) is 5. The molecule has 1 fully saturated rings. The molecular formula is C23H25Cl2N5O. The van der Waals surface area contributed by atoms with Crippen LogP contribution < -0.4 is 5.32 Å². The first-order chi connectivity index (χ1) is 14.9. The van der Waals surface area contributed by atoms with Gasteiger partial charge in [0.25, 0.3) is 0 Å². The van der Waals surface area contributed by atoms with Crippen molar-refractivity contribution in [3.63, 3.8) is 0 Å². The third-order valence-electron chi connectivity index (χ3n) is 5.23. The Labute approximate surface area is 192 Å². The fourth-order valence-corrected chi connectivity index (χ4v) is 3.91. The molecule has 0 spiro atoms. The molecule has 1 aliphatic carbocycles. The van der Waals surface area contributed by atoms with Crippen LogP contribution in [0.5, 0.6) is 0 Å². The van der Waals surface area contributed by atoms with Crippen LogP contribution in [0, 0.1) is 5.92 Å². The van der Waals surface area contributed by atoms with Gasteiger partial charge in [0, 0.05) is 16.1 Å². The number of carbonyl (C=O) groups excluding carboxylic acids is 1. The topological polar surface area (TPSA) is 63.1 Å². The van der Waals surface area contributed by atoms with Gasteiger partial charge in [-0.15, -0.1) is 10.2 Å². The van der Waals surface area contributed by atoms with Crippen LogP contribution >= 0.6 is 23.2 Å². The summed E-state index contributed by atoms with van der Waals surface area (Å²) in [4.78, 5) is 15.5. The molecule has 1 heterocycles. The summed E-state index contributed by atoms with van der Waals surface area (Å²) >= 11 is 12.6. The highest BCUT2D eigenvalue weighted by Crippen LogP contribution is 2.29. The number of hydrogen-bond donors (Lipinski definition) is 1. The van der Waals surface area contributed by atoms with Gasteiger partial charge in [-0.25, -0.2) is 0 Å². The van der Waals surface area contributed by atoms with E-state index in [0.717, 1.165) is 24.1 Å². The molecule has 0 atom stereocenters. The zero-order chi connectivity index (χ0) is 22.0. The number of rotatable bonds is 9. The van der Waals surface area contributed by atoms with E-state index >= 15 is 0 Å². The highest BCUT2D eigenvalue weighted by atomic mass is 35.5. The van der Waals surface area contributed by atoms with E-state index in [1.54, 1.807) is 36.4 Å². The smallest absolute Gasteiger partial charge is 0.196 e. The lowest BCUT2D eigenvalue weighted by Gasteiger charge is -2.17. The molecule has 0 radical (unpaired) electrons. The molecule has 162 valence electrons. The molecule has 0 bridgehead atoms. The molecule has 0 saturated heterocycles. The predicted molar refractivity (Wildman–Crippen MR) is 123 cm³/mol. The SMILES string of the molecule is CN(C)Cc1nnc(CNCC2CC2)n1-c1ccc(Cl)cc1C(=O)c1ccccc1Cl. The Morgan fingerprint density at radius 2 is 1.84 bits per heavy atom. The maximum absolute atomic E-state index is 13.5. The van der Waals surface area contributed by atoms with Gasteiger partial charge in [-0.2, -0.15) is 0 Å². The van der Waals surface area contributed by atoms with Crippen molar-refractivity contribution in [2.45, 2.75) is 25.9 Å². The third kappa shape index (κ3) is 5.15. The van der Waals surface area contributed by atoms with Gasteiger partial charge in [0.05, 0.1) is 23.8 Å². The van der Waals surface area contributed by atoms with E-state index in [-0.39, 0.29) is 5.78 Å². The fraction of sp³-hybridized carbons (Fsp3) is 0.348. The van der Waals surface area contributed by atoms with Gasteiger partial charge in [0.2, 0.25) is 0 Å². The van der Waals surface area contributed by atoms with Crippen LogP contribution in [0.2, 0.25) is 10.0 Å². The maximum Gasteiger partial charge on any atom is 0.196 e. The molecular weight excluding hydrogens is 433 g/mol. The molecule has 3 aromatic rings. The van der Waals surface area contributed by atoms with Gasteiger partial charge in [-0.05, 0) is 69.7 Å². The molecule has 6 nitrogen and oxygen atoms in total. The number of benzene rings is 2. The number of ketones is 1. The highest BCUT2D eigenvalue weighted by molar-refractivity contribution is 6.35. The maximum atomic E-state index is 13.5. The lowest BCUT2D eigenvalue weighted by atomic mass is 10.0. The van der Waals surface area contributed by atoms with E-state index in [1.165, 1.54) is 12.8 Å². The van der Waals surface area contributed by atoms with Crippen LogP contribution in [0.4, 0.5) is 0 Å². The molecule has 1 N–H and O–H groups in total. The first-order valence-corrected chi connectivity index (χ1v) is 11.1. The number of nitrogens with zero attached hydrogens (tertiary/aromatic N) is 4. The van der Waals surface area contributed by atoms with Crippen LogP contribution in [0.3, 0.4) is 0 Å². The van der Waals surface area contributed by atoms with Crippen molar-refractivity contribution < 1.29 is 4.79 Å². The second-order valence-corrected chi connectivity index (χ2v) is 8.99. The Hall–Kier alpha value is -2.25. The Morgan fingerprint density at radius 1 is 1.10 bits per heavy atom. The van der Waals surface area contributed by atoms with Gasteiger partial charge < -0.3 is 10.2 Å². The van der Waals surface area contributed by atoms with Gasteiger partial charge in [-0.1, -0.05) is 35.3 Å². The number of aromatic nitrogens is 3. The molecule has 31 heavy (non-hydrogen) atoms. The molecule has 2 aromatic carbocycles. The van der Waals surface area contributed by atoms with Crippen molar-refractivity contribution in [3.8, 4) is 5.69 Å². The summed E-state index contributed by atoms with van der Waals surface area (Å²) in [6.45, 7) is 2.11. The molecule has 4 rings (SSSR count). The second kappa shape index (κ2) is 9.49. The zero-order valence-corrected chi connectivity index (χ0v) is 19.1. The van der Waals surface area contributed by atoms with Crippen molar-refractivity contribution in [2.75, 3.05) is 20.6 Å². The normalized spacial score (nSPS) is 13.7. The summed E-state index contributed by atoms with van der Waals surface area (Å²) in [5.74, 6) is 2.08. The van der Waals surface area contributed by atoms with E-state index in [9.17, 15) is 4.79 Å². The molecule has 0 aliphatic heterocycles. The molecule has 1 saturated carbocycles. The summed E-state index contributed by atoms with van der Waals surface area (Å²) in [6, 6.07) is 12.3. The quantitative estimate of drug-likeness (QED) is 0.483. The lowest BCUT2D eigenvalue weighted by Crippen LogP contribution is -2.22. The average Bonchev–Trinajstić information content (AvgIpc) is 3.48. The van der Waals surface area contributed by atoms with E-state index in [2.05, 4.69) is 15.5 Å². The Morgan fingerprint density at radius 3 is 2.55 bits per heavy atom. The minimum atomic E-state index is -0.190. The van der Waals surface area contributed by atoms with Gasteiger partial charge in [0.1, 0.15) is 0 Å². The van der Waals surface area contributed by atoms with Crippen LogP contribution in [-0.4, -0.2) is 46.1 Å². The van der Waals surface area contributed by atoms with E-state index < -0.39 is 0 Å². The molecule has 8 heteroatoms. The highest BCUT2D eigenvalue weighted by Gasteiger charge is 2.24. The van der Waals surface area contributed by atoms with Crippen molar-refractivity contribution >= 4 is 29.0 Å². The van der Waals surface area contributed by atoms with Crippen molar-refractivity contribution in [3.05, 3.63) is 75.3 Å². The average molecular weight is 458 g/mol. The van der Waals surface area contributed by atoms with Crippen LogP contribution in [0.25, 0.3) is 5.69 Å². The van der Waals surface area contributed by atoms with Gasteiger partial charge in [0.15, 0.2) is 17.4 Å². The van der Waals surface area contributed by atoms with Crippen LogP contribution in [0.15, 0.2) is 42.5 Å². The summed E-state index contributed by atoms with van der Waals surface area (Å²) in [6.07, 6.45) is 2.55. The number of carbonyl (C=O) groups is 1. The Balaban J connectivity index is 1.78. The first-order valence-electron chi connectivity index (χ1n) is 10.3. The Bertz CT molecular complexity index is 1090. The fourth-order valence-electron chi connectivity index (χ4n) is 3.52. The summed E-state index contributed by atoms with van der Waals surface area (Å²) in [5.41, 5.74) is 1.59. The second-order valence-electron chi connectivity index (χ2n) is 8.15. The standard InChI is InChI=1S/C23H25Cl2N5O/c1-29(2)14-22-28-27-21(13-26-12-15-7-8-15)30(22)20-10-9-16(24)11-18(20)23(31)17-5-3-4-6-19(17)25/h3-6,9-11,15,26H,7-8,12-14H2,1-2H3. The number of nitrogens with one attached hydrogen (secondary N) is 1. The molecule has 1 aromatic heterocycles. The molecule has 1 aliphatic rings. The van der Waals surface area contributed by atoms with E-state index in [1.807, 2.05) is 29.6 Å².